The molecule has 472 valence electrons. The number of benzene rings is 6. The summed E-state index contributed by atoms with van der Waals surface area (Å²) in [7, 11) is 2.10. The van der Waals surface area contributed by atoms with Gasteiger partial charge in [0.05, 0.1) is 52.0 Å². The highest BCUT2D eigenvalue weighted by atomic mass is 35.5. The lowest BCUT2D eigenvalue weighted by Crippen LogP contribution is -2.53. The van der Waals surface area contributed by atoms with Gasteiger partial charge in [-0.1, -0.05) is 98.7 Å². The van der Waals surface area contributed by atoms with E-state index in [9.17, 15) is 42.1 Å². The van der Waals surface area contributed by atoms with Gasteiger partial charge in [-0.15, -0.1) is 0 Å². The van der Waals surface area contributed by atoms with Crippen molar-refractivity contribution in [3.05, 3.63) is 201 Å². The smallest absolute Gasteiger partial charge is 0.318 e. The van der Waals surface area contributed by atoms with Crippen LogP contribution in [0.2, 0.25) is 10.0 Å². The van der Waals surface area contributed by atoms with E-state index in [0.29, 0.717) is 84.8 Å². The summed E-state index contributed by atoms with van der Waals surface area (Å²) in [5.41, 5.74) is 3.61. The van der Waals surface area contributed by atoms with Crippen molar-refractivity contribution < 1.29 is 56.4 Å². The topological polar surface area (TPSA) is 239 Å². The van der Waals surface area contributed by atoms with Crippen molar-refractivity contribution >= 4 is 98.2 Å². The van der Waals surface area contributed by atoms with Crippen LogP contribution in [0.25, 0.3) is 21.8 Å². The summed E-state index contributed by atoms with van der Waals surface area (Å²) in [6.45, 7) is 8.75. The number of fused-ring (bicyclic) bond motifs is 2. The Bertz CT molecular complexity index is 3820. The van der Waals surface area contributed by atoms with E-state index in [1.807, 2.05) is 50.2 Å². The van der Waals surface area contributed by atoms with Crippen LogP contribution in [0.5, 0.6) is 0 Å². The number of nitrogens with zero attached hydrogens (tertiary/aromatic N) is 7. The number of amides is 4. The van der Waals surface area contributed by atoms with Crippen LogP contribution in [0.3, 0.4) is 0 Å². The van der Waals surface area contributed by atoms with Gasteiger partial charge < -0.3 is 20.6 Å². The Labute approximate surface area is 525 Å². The average Bonchev–Trinajstić information content (AvgIpc) is 1.73. The van der Waals surface area contributed by atoms with Crippen molar-refractivity contribution in [3.63, 3.8) is 0 Å². The lowest BCUT2D eigenvalue weighted by atomic mass is 10.0. The average molecular weight is 1280 g/mol. The number of likely N-dealkylation sites (N-methyl/N-ethyl adjacent to an activating group) is 2. The number of aromatic nitrogens is 2. The Morgan fingerprint density at radius 3 is 1.44 bits per heavy atom. The van der Waals surface area contributed by atoms with Crippen molar-refractivity contribution in [1.29, 1.82) is 0 Å². The highest BCUT2D eigenvalue weighted by Gasteiger charge is 2.34. The van der Waals surface area contributed by atoms with Crippen LogP contribution in [0.4, 0.5) is 8.78 Å². The molecule has 0 radical (unpaired) electrons. The number of halogens is 4. The lowest BCUT2D eigenvalue weighted by molar-refractivity contribution is -0.162. The molecule has 20 nitrogen and oxygen atoms in total. The van der Waals surface area contributed by atoms with E-state index in [1.54, 1.807) is 70.5 Å². The van der Waals surface area contributed by atoms with Gasteiger partial charge >= 0.3 is 11.8 Å². The van der Waals surface area contributed by atoms with Crippen LogP contribution < -0.4 is 22.3 Å². The quantitative estimate of drug-likeness (QED) is 0.0285. The van der Waals surface area contributed by atoms with Gasteiger partial charge in [-0.05, 0) is 97.8 Å². The number of nitrogens with two attached hydrogens (primary N) is 2. The van der Waals surface area contributed by atoms with E-state index < -0.39 is 30.7 Å². The maximum Gasteiger partial charge on any atom is 0.318 e. The Morgan fingerprint density at radius 2 is 1.02 bits per heavy atom. The van der Waals surface area contributed by atoms with Crippen molar-refractivity contribution in [1.82, 2.24) is 39.4 Å². The third kappa shape index (κ3) is 16.0. The zero-order valence-corrected chi connectivity index (χ0v) is 50.9. The molecule has 2 fully saturated rings. The van der Waals surface area contributed by atoms with Gasteiger partial charge in [-0.3, -0.25) is 57.5 Å². The number of H-pyrrole nitrogens is 1. The summed E-state index contributed by atoms with van der Waals surface area (Å²) in [6.07, 6.45) is 2.76. The normalized spacial score (nSPS) is 15.1. The molecule has 0 saturated carbocycles. The summed E-state index contributed by atoms with van der Waals surface area (Å²) in [5.74, 6) is 6.85. The number of hydrogen-bond acceptors (Lipinski definition) is 14. The zero-order chi connectivity index (χ0) is 62.9. The molecule has 2 atom stereocenters. The summed E-state index contributed by atoms with van der Waals surface area (Å²) in [4.78, 5) is 97.6. The molecule has 0 unspecified atom stereocenters. The summed E-state index contributed by atoms with van der Waals surface area (Å²) < 4.78 is 45.0. The van der Waals surface area contributed by atoms with E-state index in [4.69, 9.17) is 49.2 Å². The number of carbonyl (C=O) groups is 6. The van der Waals surface area contributed by atoms with E-state index in [-0.39, 0.29) is 82.7 Å². The second-order valence-corrected chi connectivity index (χ2v) is 23.9. The summed E-state index contributed by atoms with van der Waals surface area (Å²) in [5, 5.41) is 4.08. The summed E-state index contributed by atoms with van der Waals surface area (Å²) in [6, 6.07) is 36.7. The highest BCUT2D eigenvalue weighted by Crippen LogP contribution is 2.42. The largest absolute Gasteiger partial charge is 0.360 e. The van der Waals surface area contributed by atoms with Gasteiger partial charge in [-0.25, -0.2) is 29.4 Å². The molecule has 8 aromatic rings. The fourth-order valence-corrected chi connectivity index (χ4v) is 12.4. The maximum absolute atomic E-state index is 13.5. The van der Waals surface area contributed by atoms with E-state index in [0.717, 1.165) is 21.3 Å². The van der Waals surface area contributed by atoms with Gasteiger partial charge in [0.2, 0.25) is 0 Å². The molecule has 10 rings (SSSR count). The molecule has 2 aromatic heterocycles. The van der Waals surface area contributed by atoms with Crippen molar-refractivity contribution in [2.75, 3.05) is 73.4 Å². The van der Waals surface area contributed by atoms with Crippen LogP contribution in [-0.4, -0.2) is 154 Å². The highest BCUT2D eigenvalue weighted by molar-refractivity contribution is 7.74. The van der Waals surface area contributed by atoms with Crippen LogP contribution in [0, 0.1) is 11.6 Å². The Hall–Kier alpha value is -8.15. The number of carbonyl (C=O) groups excluding carboxylic acids is 6. The van der Waals surface area contributed by atoms with Crippen LogP contribution in [-0.2, 0) is 41.5 Å². The Morgan fingerprint density at radius 1 is 0.607 bits per heavy atom. The minimum absolute atomic E-state index is 0. The first-order chi connectivity index (χ1) is 41.6. The van der Waals surface area contributed by atoms with E-state index >= 15 is 0 Å². The van der Waals surface area contributed by atoms with Crippen LogP contribution in [0.15, 0.2) is 146 Å². The molecular weight excluding hydrogens is 1210 g/mol. The third-order valence-corrected chi connectivity index (χ3v) is 18.0. The molecule has 4 amide bonds. The Kier molecular flexibility index (Phi) is 24.2. The first-order valence-corrected chi connectivity index (χ1v) is 29.7. The molecule has 5 N–H and O–H groups in total. The minimum Gasteiger partial charge on any atom is -0.360 e. The molecule has 0 bridgehead atoms. The van der Waals surface area contributed by atoms with Crippen molar-refractivity contribution in [2.45, 2.75) is 53.9 Å². The number of Topliss-reactive ketones (excluding diaryl/α,β-unsaturated/α-hetero) is 2. The molecule has 4 heterocycles. The predicted octanol–water partition coefficient (Wildman–Crippen LogP) is 9.28. The molecule has 89 heavy (non-hydrogen) atoms. The molecule has 0 aliphatic carbocycles. The standard InChI is InChI=1S/C25H27ClFN5O4.C25H26ClFN4O4.C12H12NO2P.2CH4/c1-15-12-30(13-16-4-6-17(27)7-5-16)8-9-31(15)24(34)19-10-18-20(23(33)25(35)29(2)36-3)14-32(28)22(18)11-21(19)26;1-15-13-30(14-16-4-6-17(27)7-5-16)8-9-31(15)24(33)19-10-18-20(12-28-22(18)11-21(19)26)23(32)25(34)29(2)35-3;13-15-16(14,11-7-3-1-4-8-11)12-9-5-2-6-10-12;;/h4-7,10-11,14-15H,8-9,12-13,28H2,1-3H3;4-7,10-12,15,28H,8-9,13-14H2,1-3H3;1-10H,13H2;2*1H4/t2*15-;;;/m11.../s1. The van der Waals surface area contributed by atoms with Gasteiger partial charge in [0.25, 0.3) is 30.7 Å². The third-order valence-electron chi connectivity index (χ3n) is 15.1. The first kappa shape index (κ1) is 69.9. The van der Waals surface area contributed by atoms with Gasteiger partial charge in [0, 0.05) is 118 Å². The fraction of sp³-hybridized carbons (Fsp3) is 0.281. The second-order valence-electron chi connectivity index (χ2n) is 20.8. The van der Waals surface area contributed by atoms with Gasteiger partial charge in [0.15, 0.2) is 0 Å². The van der Waals surface area contributed by atoms with Crippen LogP contribution >= 0.6 is 30.6 Å². The van der Waals surface area contributed by atoms with E-state index in [2.05, 4.69) is 14.8 Å². The van der Waals surface area contributed by atoms with Crippen molar-refractivity contribution in [3.8, 4) is 0 Å². The van der Waals surface area contributed by atoms with Gasteiger partial charge in [-0.2, -0.15) is 0 Å². The number of piperazine rings is 2. The molecule has 0 spiro atoms. The zero-order valence-electron chi connectivity index (χ0n) is 48.5. The minimum atomic E-state index is -3.13. The molecule has 6 aromatic carbocycles. The molecule has 2 aliphatic rings. The Balaban J connectivity index is 0.000000225. The number of nitrogen functional groups attached to an aromatic ring is 1. The number of aromatic amines is 1. The SMILES string of the molecule is C.C.CON(C)C(=O)C(=O)c1c[nH]c2cc(Cl)c(C(=O)N3CCN(Cc4ccc(F)cc4)C[C@H]3C)cc12.CON(C)C(=O)C(=O)c1cn(N)c2cc(Cl)c(C(=O)N3CCN(Cc4ccc(F)cc4)C[C@H]3C)cc12.NOP(=O)(c1ccccc1)c1ccccc1. The van der Waals surface area contributed by atoms with Gasteiger partial charge in [0.1, 0.15) is 11.6 Å². The predicted molar refractivity (Wildman–Crippen MR) is 341 cm³/mol. The number of nitrogens with one attached hydrogen (secondary N) is 1. The monoisotopic (exact) mass is 1280 g/mol. The fourth-order valence-electron chi connectivity index (χ4n) is 10.3. The number of hydroxylamine groups is 4. The van der Waals surface area contributed by atoms with Crippen molar-refractivity contribution in [2.24, 2.45) is 5.90 Å². The molecular formula is C64H73Cl2F2N10O10P. The summed E-state index contributed by atoms with van der Waals surface area (Å²) >= 11 is 12.9. The number of hydrogen-bond donors (Lipinski definition) is 3. The molecule has 2 saturated heterocycles. The van der Waals surface area contributed by atoms with Crippen LogP contribution in [0.1, 0.15) is 81.3 Å². The molecule has 2 aliphatic heterocycles. The van der Waals surface area contributed by atoms with E-state index in [1.165, 1.54) is 81.8 Å². The maximum atomic E-state index is 13.5. The number of rotatable bonds is 15. The second kappa shape index (κ2) is 30.9. The molecule has 25 heteroatoms. The number of ketones is 2. The lowest BCUT2D eigenvalue weighted by Gasteiger charge is -2.40. The first-order valence-electron chi connectivity index (χ1n) is 27.4.